The van der Waals surface area contributed by atoms with Crippen LogP contribution in [0.2, 0.25) is 0 Å². The summed E-state index contributed by atoms with van der Waals surface area (Å²) >= 11 is 0. The van der Waals surface area contributed by atoms with Crippen molar-refractivity contribution < 1.29 is 15.0 Å². The van der Waals surface area contributed by atoms with Crippen molar-refractivity contribution in [2.24, 2.45) is 4.99 Å². The van der Waals surface area contributed by atoms with Gasteiger partial charge in [0, 0.05) is 18.3 Å². The van der Waals surface area contributed by atoms with Crippen molar-refractivity contribution in [2.45, 2.75) is 0 Å². The summed E-state index contributed by atoms with van der Waals surface area (Å²) in [5.41, 5.74) is -3.61. The highest BCUT2D eigenvalue weighted by molar-refractivity contribution is 5.84. The number of nitrogens with zero attached hydrogens (tertiary/aromatic N) is 3. The molecule has 0 saturated heterocycles. The quantitative estimate of drug-likeness (QED) is 0.411. The zero-order chi connectivity index (χ0) is 17.1. The number of aliphatic imine (C=N–C) groups is 1. The summed E-state index contributed by atoms with van der Waals surface area (Å²) in [6.07, 6.45) is 0.812. The number of aromatic amines is 2. The van der Waals surface area contributed by atoms with E-state index in [-0.39, 0.29) is 5.69 Å². The Kier molecular flexibility index (Phi) is 3.98. The van der Waals surface area contributed by atoms with Crippen molar-refractivity contribution >= 4 is 23.3 Å². The summed E-state index contributed by atoms with van der Waals surface area (Å²) in [6.45, 7) is 0. The lowest BCUT2D eigenvalue weighted by atomic mass is 10.2. The SMILES string of the molecule is O=c1[nH]c(O)c(C=Nc2cc([N+](=O)[O-])cc([N+](=O)[O-])c2)c(=O)[nH]1. The fraction of sp³-hybridized carbons (Fsp3) is 0. The Morgan fingerprint density at radius 2 is 1.61 bits per heavy atom. The maximum Gasteiger partial charge on any atom is 0.328 e. The highest BCUT2D eigenvalue weighted by atomic mass is 16.6. The van der Waals surface area contributed by atoms with Crippen molar-refractivity contribution in [1.82, 2.24) is 9.97 Å². The Morgan fingerprint density at radius 1 is 1.04 bits per heavy atom. The first-order valence-corrected chi connectivity index (χ1v) is 5.81. The highest BCUT2D eigenvalue weighted by Gasteiger charge is 2.16. The minimum absolute atomic E-state index is 0.184. The number of hydrogen-bond acceptors (Lipinski definition) is 8. The van der Waals surface area contributed by atoms with Crippen LogP contribution < -0.4 is 11.2 Å². The third-order valence-electron chi connectivity index (χ3n) is 2.61. The van der Waals surface area contributed by atoms with Crippen LogP contribution in [0.3, 0.4) is 0 Å². The molecule has 2 aromatic rings. The fourth-order valence-electron chi connectivity index (χ4n) is 1.61. The fourth-order valence-corrected chi connectivity index (χ4v) is 1.61. The summed E-state index contributed by atoms with van der Waals surface area (Å²) in [6, 6.07) is 2.64. The molecule has 1 aromatic carbocycles. The molecule has 1 heterocycles. The van der Waals surface area contributed by atoms with Gasteiger partial charge >= 0.3 is 5.69 Å². The minimum atomic E-state index is -0.949. The number of non-ortho nitro benzene ring substituents is 2. The van der Waals surface area contributed by atoms with Gasteiger partial charge in [0.1, 0.15) is 5.56 Å². The molecule has 0 saturated carbocycles. The summed E-state index contributed by atoms with van der Waals surface area (Å²) in [7, 11) is 0. The monoisotopic (exact) mass is 321 g/mol. The van der Waals surface area contributed by atoms with Crippen LogP contribution in [0.4, 0.5) is 17.1 Å². The Morgan fingerprint density at radius 3 is 2.09 bits per heavy atom. The first-order valence-electron chi connectivity index (χ1n) is 5.81. The molecule has 0 spiro atoms. The standard InChI is InChI=1S/C11H7N5O7/c17-9-8(10(18)14-11(19)13-9)4-12-5-1-6(15(20)21)3-7(2-5)16(22)23/h1-4H,(H3,13,14,17,18,19). The molecule has 0 fully saturated rings. The van der Waals surface area contributed by atoms with Gasteiger partial charge in [0.2, 0.25) is 5.88 Å². The molecule has 3 N–H and O–H groups in total. The zero-order valence-electron chi connectivity index (χ0n) is 11.0. The van der Waals surface area contributed by atoms with Gasteiger partial charge in [-0.2, -0.15) is 0 Å². The van der Waals surface area contributed by atoms with E-state index in [0.717, 1.165) is 24.4 Å². The summed E-state index contributed by atoms with van der Waals surface area (Å²) in [4.78, 5) is 49.6. The Hall–Kier alpha value is -3.83. The Balaban J connectivity index is 2.52. The summed E-state index contributed by atoms with van der Waals surface area (Å²) < 4.78 is 0. The van der Waals surface area contributed by atoms with E-state index in [0.29, 0.717) is 0 Å². The number of nitro groups is 2. The van der Waals surface area contributed by atoms with Gasteiger partial charge in [0.25, 0.3) is 16.9 Å². The van der Waals surface area contributed by atoms with E-state index in [9.17, 15) is 34.9 Å². The molecule has 0 atom stereocenters. The van der Waals surface area contributed by atoms with Crippen molar-refractivity contribution in [3.05, 3.63) is 64.8 Å². The van der Waals surface area contributed by atoms with Crippen molar-refractivity contribution in [2.75, 3.05) is 0 Å². The molecule has 118 valence electrons. The third-order valence-corrected chi connectivity index (χ3v) is 2.61. The molecule has 0 radical (unpaired) electrons. The molecule has 0 aliphatic heterocycles. The van der Waals surface area contributed by atoms with Crippen LogP contribution in [0.15, 0.2) is 32.8 Å². The normalized spacial score (nSPS) is 10.8. The molecule has 0 amide bonds. The van der Waals surface area contributed by atoms with E-state index in [1.807, 2.05) is 9.97 Å². The van der Waals surface area contributed by atoms with Crippen LogP contribution in [0.1, 0.15) is 5.56 Å². The van der Waals surface area contributed by atoms with Crippen LogP contribution in [0.25, 0.3) is 0 Å². The average molecular weight is 321 g/mol. The lowest BCUT2D eigenvalue weighted by molar-refractivity contribution is -0.394. The maximum atomic E-state index is 11.5. The molecule has 12 heteroatoms. The van der Waals surface area contributed by atoms with Gasteiger partial charge in [0.15, 0.2) is 0 Å². The Labute approximate surface area is 125 Å². The number of nitro benzene ring substituents is 2. The van der Waals surface area contributed by atoms with E-state index in [1.165, 1.54) is 0 Å². The average Bonchev–Trinajstić information content (AvgIpc) is 2.45. The van der Waals surface area contributed by atoms with Gasteiger partial charge in [-0.15, -0.1) is 0 Å². The van der Waals surface area contributed by atoms with Crippen LogP contribution in [0.5, 0.6) is 5.88 Å². The van der Waals surface area contributed by atoms with Gasteiger partial charge in [-0.3, -0.25) is 40.0 Å². The van der Waals surface area contributed by atoms with E-state index in [1.54, 1.807) is 0 Å². The van der Waals surface area contributed by atoms with Crippen LogP contribution >= 0.6 is 0 Å². The second-order valence-corrected chi connectivity index (χ2v) is 4.15. The molecular formula is C11H7N5O7. The highest BCUT2D eigenvalue weighted by Crippen LogP contribution is 2.27. The van der Waals surface area contributed by atoms with Crippen molar-refractivity contribution in [3.63, 3.8) is 0 Å². The topological polar surface area (TPSA) is 185 Å². The number of benzene rings is 1. The van der Waals surface area contributed by atoms with Crippen LogP contribution in [-0.2, 0) is 0 Å². The molecule has 2 rings (SSSR count). The molecule has 0 bridgehead atoms. The molecule has 1 aromatic heterocycles. The molecular weight excluding hydrogens is 314 g/mol. The van der Waals surface area contributed by atoms with E-state index < -0.39 is 43.9 Å². The Bertz CT molecular complexity index is 910. The summed E-state index contributed by atoms with van der Waals surface area (Å²) in [5.74, 6) is -0.762. The van der Waals surface area contributed by atoms with Crippen molar-refractivity contribution in [3.8, 4) is 5.88 Å². The number of hydrogen-bond donors (Lipinski definition) is 3. The summed E-state index contributed by atoms with van der Waals surface area (Å²) in [5, 5.41) is 30.9. The first-order chi connectivity index (χ1) is 10.8. The van der Waals surface area contributed by atoms with E-state index >= 15 is 0 Å². The van der Waals surface area contributed by atoms with E-state index in [2.05, 4.69) is 4.99 Å². The van der Waals surface area contributed by atoms with Gasteiger partial charge in [-0.25, -0.2) is 4.79 Å². The largest absolute Gasteiger partial charge is 0.494 e. The first kappa shape index (κ1) is 15.6. The zero-order valence-corrected chi connectivity index (χ0v) is 11.0. The second kappa shape index (κ2) is 5.88. The number of rotatable bonds is 4. The predicted molar refractivity (Wildman–Crippen MR) is 76.4 cm³/mol. The predicted octanol–water partition coefficient (Wildman–Crippen LogP) is 0.336. The van der Waals surface area contributed by atoms with Crippen LogP contribution in [-0.4, -0.2) is 31.1 Å². The number of H-pyrrole nitrogens is 2. The number of aromatic nitrogens is 2. The maximum absolute atomic E-state index is 11.5. The second-order valence-electron chi connectivity index (χ2n) is 4.15. The molecule has 0 aliphatic carbocycles. The number of nitrogens with one attached hydrogen (secondary N) is 2. The lowest BCUT2D eigenvalue weighted by Crippen LogP contribution is -2.24. The molecule has 12 nitrogen and oxygen atoms in total. The third kappa shape index (κ3) is 3.44. The molecule has 0 unspecified atom stereocenters. The molecule has 0 aliphatic rings. The van der Waals surface area contributed by atoms with Gasteiger partial charge in [-0.1, -0.05) is 0 Å². The van der Waals surface area contributed by atoms with Gasteiger partial charge < -0.3 is 5.11 Å². The minimum Gasteiger partial charge on any atom is -0.494 e. The van der Waals surface area contributed by atoms with Crippen molar-refractivity contribution in [1.29, 1.82) is 0 Å². The molecule has 23 heavy (non-hydrogen) atoms. The van der Waals surface area contributed by atoms with E-state index in [4.69, 9.17) is 0 Å². The lowest BCUT2D eigenvalue weighted by Gasteiger charge is -1.98. The van der Waals surface area contributed by atoms with Gasteiger partial charge in [-0.05, 0) is 0 Å². The van der Waals surface area contributed by atoms with Crippen LogP contribution in [0, 0.1) is 20.2 Å². The van der Waals surface area contributed by atoms with Gasteiger partial charge in [0.05, 0.1) is 21.6 Å². The smallest absolute Gasteiger partial charge is 0.328 e. The number of aromatic hydroxyl groups is 1.